The van der Waals surface area contributed by atoms with Gasteiger partial charge < -0.3 is 30.2 Å². The van der Waals surface area contributed by atoms with Gasteiger partial charge in [0.2, 0.25) is 0 Å². The van der Waals surface area contributed by atoms with Gasteiger partial charge in [-0.2, -0.15) is 0 Å². The SMILES string of the molecule is O=C(NC1CCN(c2ccccc2)CC1)N1CCN(c2cccc(O)c2)CC1.O=CO. The number of piperazine rings is 1. The summed E-state index contributed by atoms with van der Waals surface area (Å²) in [5.74, 6) is 0.277. The Balaban J connectivity index is 0.000000858. The number of urea groups is 1. The van der Waals surface area contributed by atoms with Gasteiger partial charge in [0.05, 0.1) is 0 Å². The minimum atomic E-state index is -0.250. The Morgan fingerprint density at radius 2 is 1.45 bits per heavy atom. The van der Waals surface area contributed by atoms with Gasteiger partial charge in [-0.05, 0) is 37.1 Å². The molecule has 0 spiro atoms. The highest BCUT2D eigenvalue weighted by molar-refractivity contribution is 5.75. The van der Waals surface area contributed by atoms with Crippen molar-refractivity contribution in [1.29, 1.82) is 0 Å². The lowest BCUT2D eigenvalue weighted by atomic mass is 10.0. The zero-order valence-corrected chi connectivity index (χ0v) is 17.6. The van der Waals surface area contributed by atoms with E-state index in [2.05, 4.69) is 39.4 Å². The highest BCUT2D eigenvalue weighted by Crippen LogP contribution is 2.22. The number of hydrogen-bond donors (Lipinski definition) is 3. The van der Waals surface area contributed by atoms with Crippen molar-refractivity contribution >= 4 is 23.9 Å². The molecule has 2 aromatic carbocycles. The second-order valence-electron chi connectivity index (χ2n) is 7.65. The van der Waals surface area contributed by atoms with Crippen LogP contribution in [0.3, 0.4) is 0 Å². The first-order valence-electron chi connectivity index (χ1n) is 10.6. The summed E-state index contributed by atoms with van der Waals surface area (Å²) < 4.78 is 0. The highest BCUT2D eigenvalue weighted by Gasteiger charge is 2.25. The molecule has 8 heteroatoms. The van der Waals surface area contributed by atoms with Crippen LogP contribution in [0.4, 0.5) is 16.2 Å². The number of piperidine rings is 1. The summed E-state index contributed by atoms with van der Waals surface area (Å²) in [6, 6.07) is 18.1. The van der Waals surface area contributed by atoms with E-state index in [9.17, 15) is 9.90 Å². The van der Waals surface area contributed by atoms with Gasteiger partial charge in [-0.3, -0.25) is 4.79 Å². The minimum Gasteiger partial charge on any atom is -0.508 e. The molecule has 8 nitrogen and oxygen atoms in total. The molecular weight excluding hydrogens is 396 g/mol. The third-order valence-corrected chi connectivity index (χ3v) is 5.71. The van der Waals surface area contributed by atoms with Crippen LogP contribution in [0.15, 0.2) is 54.6 Å². The Morgan fingerprint density at radius 3 is 2.06 bits per heavy atom. The molecule has 2 heterocycles. The maximum atomic E-state index is 12.7. The van der Waals surface area contributed by atoms with Crippen molar-refractivity contribution in [2.24, 2.45) is 0 Å². The number of phenols is 1. The van der Waals surface area contributed by atoms with Gasteiger partial charge in [0.1, 0.15) is 5.75 Å². The largest absolute Gasteiger partial charge is 0.508 e. The number of anilines is 2. The predicted octanol–water partition coefficient (Wildman–Crippen LogP) is 2.59. The van der Waals surface area contributed by atoms with Crippen LogP contribution in [0.25, 0.3) is 0 Å². The molecule has 0 aliphatic carbocycles. The Morgan fingerprint density at radius 1 is 0.871 bits per heavy atom. The van der Waals surface area contributed by atoms with E-state index in [0.717, 1.165) is 44.7 Å². The molecule has 2 fully saturated rings. The number of nitrogens with one attached hydrogen (secondary N) is 1. The van der Waals surface area contributed by atoms with Gasteiger partial charge in [0, 0.05) is 62.8 Å². The molecular formula is C23H30N4O4. The average Bonchev–Trinajstić information content (AvgIpc) is 2.81. The van der Waals surface area contributed by atoms with Crippen LogP contribution in [-0.4, -0.2) is 72.9 Å². The number of aromatic hydroxyl groups is 1. The number of carbonyl (C=O) groups excluding carboxylic acids is 1. The number of nitrogens with zero attached hydrogens (tertiary/aromatic N) is 3. The van der Waals surface area contributed by atoms with Gasteiger partial charge in [-0.15, -0.1) is 0 Å². The lowest BCUT2D eigenvalue weighted by Crippen LogP contribution is -2.55. The summed E-state index contributed by atoms with van der Waals surface area (Å²) in [6.07, 6.45) is 1.95. The van der Waals surface area contributed by atoms with Crippen molar-refractivity contribution in [1.82, 2.24) is 10.2 Å². The molecule has 2 amide bonds. The third-order valence-electron chi connectivity index (χ3n) is 5.71. The zero-order chi connectivity index (χ0) is 22.1. The number of para-hydroxylation sites is 1. The maximum absolute atomic E-state index is 12.7. The normalized spacial score (nSPS) is 16.8. The van der Waals surface area contributed by atoms with E-state index in [1.807, 2.05) is 23.1 Å². The van der Waals surface area contributed by atoms with Crippen molar-refractivity contribution in [3.8, 4) is 5.75 Å². The van der Waals surface area contributed by atoms with Crippen LogP contribution in [0.2, 0.25) is 0 Å². The minimum absolute atomic E-state index is 0.0497. The molecule has 0 saturated carbocycles. The van der Waals surface area contributed by atoms with Gasteiger partial charge in [-0.25, -0.2) is 4.79 Å². The number of carbonyl (C=O) groups is 2. The quantitative estimate of drug-likeness (QED) is 0.653. The fourth-order valence-electron chi connectivity index (χ4n) is 4.04. The molecule has 2 aliphatic rings. The molecule has 166 valence electrons. The van der Waals surface area contributed by atoms with Gasteiger partial charge in [0.15, 0.2) is 0 Å². The summed E-state index contributed by atoms with van der Waals surface area (Å²) in [5, 5.41) is 19.8. The molecule has 0 bridgehead atoms. The Kier molecular flexibility index (Phi) is 7.98. The number of hydrogen-bond acceptors (Lipinski definition) is 5. The first-order chi connectivity index (χ1) is 15.1. The monoisotopic (exact) mass is 426 g/mol. The fourth-order valence-corrected chi connectivity index (χ4v) is 4.04. The summed E-state index contributed by atoms with van der Waals surface area (Å²) in [4.78, 5) is 27.5. The second-order valence-corrected chi connectivity index (χ2v) is 7.65. The number of rotatable bonds is 3. The smallest absolute Gasteiger partial charge is 0.317 e. The Labute approximate surface area is 182 Å². The summed E-state index contributed by atoms with van der Waals surface area (Å²) in [6.45, 7) is 4.65. The molecule has 2 aromatic rings. The van der Waals surface area contributed by atoms with E-state index >= 15 is 0 Å². The van der Waals surface area contributed by atoms with Crippen molar-refractivity contribution in [2.75, 3.05) is 49.1 Å². The molecule has 0 aromatic heterocycles. The number of amides is 2. The lowest BCUT2D eigenvalue weighted by Gasteiger charge is -2.38. The Hall–Kier alpha value is -3.42. The standard InChI is InChI=1S/C22H28N4O2.CH2O2/c27-21-8-4-7-20(17-21)25-13-15-26(16-14-25)22(28)23-18-9-11-24(12-10-18)19-5-2-1-3-6-19;2-1-3/h1-8,17-18,27H,9-16H2,(H,23,28);1H,(H,2,3). The predicted molar refractivity (Wildman–Crippen MR) is 121 cm³/mol. The number of benzene rings is 2. The van der Waals surface area contributed by atoms with Crippen molar-refractivity contribution in [2.45, 2.75) is 18.9 Å². The second kappa shape index (κ2) is 11.1. The van der Waals surface area contributed by atoms with Crippen LogP contribution in [-0.2, 0) is 4.79 Å². The molecule has 2 aliphatic heterocycles. The molecule has 0 atom stereocenters. The number of phenolic OH excluding ortho intramolecular Hbond substituents is 1. The molecule has 3 N–H and O–H groups in total. The Bertz CT molecular complexity index is 832. The molecule has 2 saturated heterocycles. The van der Waals surface area contributed by atoms with E-state index in [-0.39, 0.29) is 24.3 Å². The third kappa shape index (κ3) is 6.28. The van der Waals surface area contributed by atoms with Crippen molar-refractivity contribution < 1.29 is 19.8 Å². The summed E-state index contributed by atoms with van der Waals surface area (Å²) >= 11 is 0. The van der Waals surface area contributed by atoms with Crippen LogP contribution >= 0.6 is 0 Å². The van der Waals surface area contributed by atoms with E-state index in [4.69, 9.17) is 9.90 Å². The van der Waals surface area contributed by atoms with Gasteiger partial charge >= 0.3 is 6.03 Å². The summed E-state index contributed by atoms with van der Waals surface area (Å²) in [5.41, 5.74) is 2.27. The van der Waals surface area contributed by atoms with Gasteiger partial charge in [0.25, 0.3) is 6.47 Å². The molecule has 0 unspecified atom stereocenters. The lowest BCUT2D eigenvalue weighted by molar-refractivity contribution is -0.122. The maximum Gasteiger partial charge on any atom is 0.317 e. The van der Waals surface area contributed by atoms with E-state index in [0.29, 0.717) is 13.1 Å². The molecule has 4 rings (SSSR count). The summed E-state index contributed by atoms with van der Waals surface area (Å²) in [7, 11) is 0. The highest BCUT2D eigenvalue weighted by atomic mass is 16.3. The van der Waals surface area contributed by atoms with Crippen LogP contribution in [0, 0.1) is 0 Å². The van der Waals surface area contributed by atoms with Crippen molar-refractivity contribution in [3.05, 3.63) is 54.6 Å². The fraction of sp³-hybridized carbons (Fsp3) is 0.391. The average molecular weight is 427 g/mol. The van der Waals surface area contributed by atoms with Crippen LogP contribution in [0.1, 0.15) is 12.8 Å². The topological polar surface area (TPSA) is 96.4 Å². The van der Waals surface area contributed by atoms with E-state index in [1.54, 1.807) is 12.1 Å². The van der Waals surface area contributed by atoms with Crippen LogP contribution in [0.5, 0.6) is 5.75 Å². The van der Waals surface area contributed by atoms with E-state index < -0.39 is 0 Å². The molecule has 31 heavy (non-hydrogen) atoms. The van der Waals surface area contributed by atoms with E-state index in [1.165, 1.54) is 5.69 Å². The first kappa shape index (κ1) is 22.3. The van der Waals surface area contributed by atoms with Gasteiger partial charge in [-0.1, -0.05) is 24.3 Å². The first-order valence-corrected chi connectivity index (χ1v) is 10.6. The number of carboxylic acid groups (broad SMARTS) is 1. The zero-order valence-electron chi connectivity index (χ0n) is 17.6. The molecule has 0 radical (unpaired) electrons. The van der Waals surface area contributed by atoms with Crippen molar-refractivity contribution in [3.63, 3.8) is 0 Å². The van der Waals surface area contributed by atoms with Crippen LogP contribution < -0.4 is 15.1 Å².